The maximum absolute atomic E-state index is 12.9. The summed E-state index contributed by atoms with van der Waals surface area (Å²) in [7, 11) is -3.52. The van der Waals surface area contributed by atoms with Crippen molar-refractivity contribution in [2.24, 2.45) is 0 Å². The standard InChI is InChI=1S/C19H20ClF3N4O4S/c1-32(29,30)27-16-8-11(2-5-14(16)20)17(28)10-24-6-7-31-12-3-4-13-15(9-12)25-26-18(13)19(21,22)23/h2-5,8-9,17,24,27-28H,6-7,10H2,1H3,(H,25,26). The first kappa shape index (κ1) is 24.1. The highest BCUT2D eigenvalue weighted by molar-refractivity contribution is 7.92. The summed E-state index contributed by atoms with van der Waals surface area (Å²) in [6, 6.07) is 8.61. The second-order valence-electron chi connectivity index (χ2n) is 6.96. The summed E-state index contributed by atoms with van der Waals surface area (Å²) >= 11 is 5.97. The molecule has 2 aromatic carbocycles. The summed E-state index contributed by atoms with van der Waals surface area (Å²) in [5, 5.41) is 19.1. The van der Waals surface area contributed by atoms with Gasteiger partial charge in [0, 0.05) is 24.5 Å². The Morgan fingerprint density at radius 3 is 2.69 bits per heavy atom. The summed E-state index contributed by atoms with van der Waals surface area (Å²) in [6.45, 7) is 0.679. The molecule has 4 N–H and O–H groups in total. The average Bonchev–Trinajstić information content (AvgIpc) is 3.12. The van der Waals surface area contributed by atoms with Crippen molar-refractivity contribution in [3.8, 4) is 5.75 Å². The summed E-state index contributed by atoms with van der Waals surface area (Å²) in [5.41, 5.74) is -0.152. The van der Waals surface area contributed by atoms with Crippen LogP contribution in [0.5, 0.6) is 5.75 Å². The van der Waals surface area contributed by atoms with Gasteiger partial charge in [-0.05, 0) is 29.8 Å². The Hall–Kier alpha value is -2.54. The molecule has 0 spiro atoms. The minimum absolute atomic E-state index is 0.0428. The molecule has 0 amide bonds. The van der Waals surface area contributed by atoms with E-state index in [4.69, 9.17) is 16.3 Å². The highest BCUT2D eigenvalue weighted by Crippen LogP contribution is 2.34. The quantitative estimate of drug-likeness (QED) is 0.341. The van der Waals surface area contributed by atoms with Gasteiger partial charge in [0.2, 0.25) is 10.0 Å². The van der Waals surface area contributed by atoms with Gasteiger partial charge in [-0.1, -0.05) is 17.7 Å². The van der Waals surface area contributed by atoms with Crippen molar-refractivity contribution in [3.05, 3.63) is 52.7 Å². The van der Waals surface area contributed by atoms with Crippen molar-refractivity contribution in [2.75, 3.05) is 30.7 Å². The van der Waals surface area contributed by atoms with Crippen molar-refractivity contribution >= 4 is 38.2 Å². The van der Waals surface area contributed by atoms with Crippen LogP contribution in [0.15, 0.2) is 36.4 Å². The van der Waals surface area contributed by atoms with Crippen molar-refractivity contribution in [1.29, 1.82) is 0 Å². The lowest BCUT2D eigenvalue weighted by Gasteiger charge is -2.15. The number of fused-ring (bicyclic) bond motifs is 1. The summed E-state index contributed by atoms with van der Waals surface area (Å²) < 4.78 is 69.2. The fourth-order valence-electron chi connectivity index (χ4n) is 2.92. The number of rotatable bonds is 9. The van der Waals surface area contributed by atoms with Crippen LogP contribution in [0.2, 0.25) is 5.02 Å². The lowest BCUT2D eigenvalue weighted by atomic mass is 10.1. The number of ether oxygens (including phenoxy) is 1. The number of aromatic amines is 1. The molecular formula is C19H20ClF3N4O4S. The fraction of sp³-hybridized carbons (Fsp3) is 0.316. The molecule has 0 aliphatic carbocycles. The van der Waals surface area contributed by atoms with E-state index >= 15 is 0 Å². The molecule has 32 heavy (non-hydrogen) atoms. The van der Waals surface area contributed by atoms with E-state index in [0.717, 1.165) is 6.26 Å². The zero-order valence-electron chi connectivity index (χ0n) is 16.7. The van der Waals surface area contributed by atoms with Crippen molar-refractivity contribution in [3.63, 3.8) is 0 Å². The van der Waals surface area contributed by atoms with Gasteiger partial charge >= 0.3 is 6.18 Å². The normalized spacial score (nSPS) is 13.3. The maximum atomic E-state index is 12.9. The number of nitrogens with one attached hydrogen (secondary N) is 3. The second kappa shape index (κ2) is 9.53. The molecule has 1 heterocycles. The number of aliphatic hydroxyl groups is 1. The first-order chi connectivity index (χ1) is 14.9. The van der Waals surface area contributed by atoms with Crippen molar-refractivity contribution in [2.45, 2.75) is 12.3 Å². The van der Waals surface area contributed by atoms with Crippen LogP contribution in [-0.4, -0.2) is 49.7 Å². The van der Waals surface area contributed by atoms with Crippen molar-refractivity contribution < 1.29 is 31.4 Å². The molecule has 0 bridgehead atoms. The van der Waals surface area contributed by atoms with E-state index in [1.165, 1.54) is 30.3 Å². The Bertz CT molecular complexity index is 1200. The SMILES string of the molecule is CS(=O)(=O)Nc1cc(C(O)CNCCOc2ccc3c(C(F)(F)F)[nH]nc3c2)ccc1Cl. The van der Waals surface area contributed by atoms with E-state index in [0.29, 0.717) is 17.9 Å². The second-order valence-corrected chi connectivity index (χ2v) is 9.11. The van der Waals surface area contributed by atoms with Gasteiger partial charge in [0.15, 0.2) is 0 Å². The van der Waals surface area contributed by atoms with Gasteiger partial charge < -0.3 is 15.2 Å². The largest absolute Gasteiger partial charge is 0.492 e. The van der Waals surface area contributed by atoms with Crippen molar-refractivity contribution in [1.82, 2.24) is 15.5 Å². The first-order valence-electron chi connectivity index (χ1n) is 9.28. The summed E-state index contributed by atoms with van der Waals surface area (Å²) in [6.07, 6.45) is -4.46. The Morgan fingerprint density at radius 1 is 1.25 bits per heavy atom. The number of H-pyrrole nitrogens is 1. The molecule has 1 unspecified atom stereocenters. The van der Waals surface area contributed by atoms with Gasteiger partial charge in [-0.3, -0.25) is 9.82 Å². The number of alkyl halides is 3. The fourth-order valence-corrected chi connectivity index (χ4v) is 3.71. The number of aromatic nitrogens is 2. The molecule has 3 rings (SSSR count). The van der Waals surface area contributed by atoms with Crippen LogP contribution >= 0.6 is 11.6 Å². The molecule has 1 aromatic heterocycles. The lowest BCUT2D eigenvalue weighted by Crippen LogP contribution is -2.26. The van der Waals surface area contributed by atoms with Crippen LogP contribution < -0.4 is 14.8 Å². The van der Waals surface area contributed by atoms with E-state index in [1.54, 1.807) is 6.07 Å². The summed E-state index contributed by atoms with van der Waals surface area (Å²) in [4.78, 5) is 0. The number of halogens is 4. The zero-order valence-corrected chi connectivity index (χ0v) is 18.3. The molecule has 0 radical (unpaired) electrons. The molecule has 0 aliphatic heterocycles. The number of benzene rings is 2. The zero-order chi connectivity index (χ0) is 23.5. The number of aliphatic hydroxyl groups excluding tert-OH is 1. The maximum Gasteiger partial charge on any atom is 0.433 e. The van der Waals surface area contributed by atoms with Gasteiger partial charge in [-0.25, -0.2) is 8.42 Å². The molecule has 0 fully saturated rings. The van der Waals surface area contributed by atoms with E-state index < -0.39 is 28.0 Å². The molecule has 1 atom stereocenters. The van der Waals surface area contributed by atoms with Gasteiger partial charge in [-0.2, -0.15) is 18.3 Å². The molecule has 0 aliphatic rings. The van der Waals surface area contributed by atoms with Crippen LogP contribution in [0.3, 0.4) is 0 Å². The minimum atomic E-state index is -4.52. The third-order valence-electron chi connectivity index (χ3n) is 4.37. The number of hydrogen-bond acceptors (Lipinski definition) is 6. The molecule has 0 saturated carbocycles. The highest BCUT2D eigenvalue weighted by Gasteiger charge is 2.35. The van der Waals surface area contributed by atoms with E-state index in [-0.39, 0.29) is 34.8 Å². The highest BCUT2D eigenvalue weighted by atomic mass is 35.5. The smallest absolute Gasteiger partial charge is 0.433 e. The van der Waals surface area contributed by atoms with Crippen LogP contribution in [0.25, 0.3) is 10.9 Å². The number of anilines is 1. The number of nitrogens with zero attached hydrogens (tertiary/aromatic N) is 1. The first-order valence-corrected chi connectivity index (χ1v) is 11.5. The van der Waals surface area contributed by atoms with E-state index in [1.807, 2.05) is 5.10 Å². The topological polar surface area (TPSA) is 116 Å². The van der Waals surface area contributed by atoms with Crippen LogP contribution in [-0.2, 0) is 16.2 Å². The minimum Gasteiger partial charge on any atom is -0.492 e. The van der Waals surface area contributed by atoms with Crippen LogP contribution in [0, 0.1) is 0 Å². The van der Waals surface area contributed by atoms with Gasteiger partial charge in [-0.15, -0.1) is 0 Å². The Labute approximate surface area is 186 Å². The third kappa shape index (κ3) is 6.25. The predicted molar refractivity (Wildman–Crippen MR) is 114 cm³/mol. The molecule has 174 valence electrons. The molecule has 0 saturated heterocycles. The van der Waals surface area contributed by atoms with Gasteiger partial charge in [0.05, 0.1) is 28.6 Å². The van der Waals surface area contributed by atoms with Crippen LogP contribution in [0.4, 0.5) is 18.9 Å². The molecular weight excluding hydrogens is 473 g/mol. The van der Waals surface area contributed by atoms with E-state index in [2.05, 4.69) is 15.1 Å². The Morgan fingerprint density at radius 2 is 2.00 bits per heavy atom. The Balaban J connectivity index is 1.50. The monoisotopic (exact) mass is 492 g/mol. The number of hydrogen-bond donors (Lipinski definition) is 4. The van der Waals surface area contributed by atoms with Gasteiger partial charge in [0.25, 0.3) is 0 Å². The molecule has 3 aromatic rings. The van der Waals surface area contributed by atoms with Crippen LogP contribution in [0.1, 0.15) is 17.4 Å². The van der Waals surface area contributed by atoms with E-state index in [9.17, 15) is 26.7 Å². The lowest BCUT2D eigenvalue weighted by molar-refractivity contribution is -0.139. The Kier molecular flexibility index (Phi) is 7.18. The summed E-state index contributed by atoms with van der Waals surface area (Å²) in [5.74, 6) is 0.356. The molecule has 13 heteroatoms. The third-order valence-corrected chi connectivity index (χ3v) is 5.29. The van der Waals surface area contributed by atoms with Gasteiger partial charge in [0.1, 0.15) is 18.1 Å². The average molecular weight is 493 g/mol. The number of sulfonamides is 1. The predicted octanol–water partition coefficient (Wildman–Crippen LogP) is 3.31. The molecule has 8 nitrogen and oxygen atoms in total.